The molecule has 0 aromatic heterocycles. The molecular weight excluding hydrogens is 455 g/mol. The summed E-state index contributed by atoms with van der Waals surface area (Å²) in [5.74, 6) is -0.454. The smallest absolute Gasteiger partial charge is 0.264 e. The molecule has 0 heterocycles. The monoisotopic (exact) mass is 476 g/mol. The zero-order valence-corrected chi connectivity index (χ0v) is 19.4. The number of aryl methyl sites for hydroxylation is 2. The van der Waals surface area contributed by atoms with Crippen LogP contribution in [0.2, 0.25) is 10.0 Å². The molecule has 0 atom stereocenters. The minimum absolute atomic E-state index is 0.103. The largest absolute Gasteiger partial charge is 0.350 e. The van der Waals surface area contributed by atoms with Crippen molar-refractivity contribution in [2.75, 3.05) is 10.8 Å². The zero-order chi connectivity index (χ0) is 22.6. The third kappa shape index (κ3) is 5.58. The first kappa shape index (κ1) is 23.1. The number of hydrogen-bond donors (Lipinski definition) is 1. The van der Waals surface area contributed by atoms with E-state index in [1.165, 1.54) is 12.1 Å². The van der Waals surface area contributed by atoms with Crippen molar-refractivity contribution in [2.45, 2.75) is 25.3 Å². The Morgan fingerprint density at radius 3 is 2.29 bits per heavy atom. The molecule has 3 aromatic carbocycles. The average molecular weight is 477 g/mol. The summed E-state index contributed by atoms with van der Waals surface area (Å²) in [5.41, 5.74) is 2.71. The molecule has 162 valence electrons. The molecule has 0 saturated carbocycles. The number of anilines is 1. The number of sulfonamides is 1. The lowest BCUT2D eigenvalue weighted by molar-refractivity contribution is -0.119. The molecule has 8 heteroatoms. The molecule has 0 saturated heterocycles. The van der Waals surface area contributed by atoms with E-state index in [4.69, 9.17) is 23.2 Å². The van der Waals surface area contributed by atoms with Crippen LogP contribution in [0.4, 0.5) is 5.69 Å². The number of hydrogen-bond acceptors (Lipinski definition) is 3. The van der Waals surface area contributed by atoms with Gasteiger partial charge in [0.05, 0.1) is 10.6 Å². The highest BCUT2D eigenvalue weighted by atomic mass is 35.5. The maximum absolute atomic E-state index is 13.4. The van der Waals surface area contributed by atoms with Crippen molar-refractivity contribution in [3.8, 4) is 0 Å². The molecule has 0 aliphatic rings. The Balaban J connectivity index is 1.91. The highest BCUT2D eigenvalue weighted by Gasteiger charge is 2.28. The van der Waals surface area contributed by atoms with Gasteiger partial charge in [-0.2, -0.15) is 0 Å². The summed E-state index contributed by atoms with van der Waals surface area (Å²) in [5, 5.41) is 3.76. The van der Waals surface area contributed by atoms with Crippen LogP contribution in [-0.4, -0.2) is 20.9 Å². The summed E-state index contributed by atoms with van der Waals surface area (Å²) in [6, 6.07) is 18.5. The number of nitrogens with zero attached hydrogens (tertiary/aromatic N) is 1. The normalized spacial score (nSPS) is 11.2. The number of carbonyl (C=O) groups is 1. The summed E-state index contributed by atoms with van der Waals surface area (Å²) in [6.45, 7) is 3.43. The molecule has 0 spiro atoms. The molecule has 0 unspecified atom stereocenters. The first-order chi connectivity index (χ1) is 14.7. The molecule has 0 fully saturated rings. The van der Waals surface area contributed by atoms with Gasteiger partial charge >= 0.3 is 0 Å². The van der Waals surface area contributed by atoms with E-state index >= 15 is 0 Å². The minimum atomic E-state index is -3.99. The van der Waals surface area contributed by atoms with E-state index in [0.717, 1.165) is 15.4 Å². The number of nitrogens with one attached hydrogen (secondary N) is 1. The van der Waals surface area contributed by atoms with Gasteiger partial charge in [0.2, 0.25) is 5.91 Å². The van der Waals surface area contributed by atoms with E-state index in [-0.39, 0.29) is 18.0 Å². The van der Waals surface area contributed by atoms with Gasteiger partial charge in [-0.05, 0) is 61.4 Å². The van der Waals surface area contributed by atoms with Crippen LogP contribution in [0.1, 0.15) is 16.7 Å². The maximum Gasteiger partial charge on any atom is 0.264 e. The van der Waals surface area contributed by atoms with E-state index < -0.39 is 15.9 Å². The lowest BCUT2D eigenvalue weighted by atomic mass is 10.2. The predicted molar refractivity (Wildman–Crippen MR) is 125 cm³/mol. The summed E-state index contributed by atoms with van der Waals surface area (Å²) in [6.07, 6.45) is 0. The van der Waals surface area contributed by atoms with Gasteiger partial charge in [0, 0.05) is 16.6 Å². The SMILES string of the molecule is Cc1ccc(S(=O)(=O)N(CC(=O)NCc2ccccc2Cl)c2ccc(Cl)cc2C)cc1. The first-order valence-electron chi connectivity index (χ1n) is 9.54. The van der Waals surface area contributed by atoms with Crippen molar-refractivity contribution in [1.82, 2.24) is 5.32 Å². The van der Waals surface area contributed by atoms with Crippen molar-refractivity contribution in [1.29, 1.82) is 0 Å². The Morgan fingerprint density at radius 1 is 0.968 bits per heavy atom. The third-order valence-electron chi connectivity index (χ3n) is 4.76. The van der Waals surface area contributed by atoms with Gasteiger partial charge in [-0.25, -0.2) is 8.42 Å². The highest BCUT2D eigenvalue weighted by molar-refractivity contribution is 7.92. The van der Waals surface area contributed by atoms with E-state index in [1.54, 1.807) is 55.5 Å². The number of rotatable bonds is 7. The van der Waals surface area contributed by atoms with Crippen LogP contribution in [0.15, 0.2) is 71.6 Å². The zero-order valence-electron chi connectivity index (χ0n) is 17.1. The maximum atomic E-state index is 13.4. The second-order valence-corrected chi connectivity index (χ2v) is 9.83. The molecule has 3 rings (SSSR count). The van der Waals surface area contributed by atoms with Crippen molar-refractivity contribution >= 4 is 44.8 Å². The van der Waals surface area contributed by atoms with E-state index in [9.17, 15) is 13.2 Å². The number of benzene rings is 3. The van der Waals surface area contributed by atoms with Crippen molar-refractivity contribution in [2.24, 2.45) is 0 Å². The van der Waals surface area contributed by atoms with Gasteiger partial charge in [-0.1, -0.05) is 59.1 Å². The molecule has 5 nitrogen and oxygen atoms in total. The van der Waals surface area contributed by atoms with Gasteiger partial charge in [0.15, 0.2) is 0 Å². The Morgan fingerprint density at radius 2 is 1.65 bits per heavy atom. The predicted octanol–water partition coefficient (Wildman–Crippen LogP) is 5.12. The highest BCUT2D eigenvalue weighted by Crippen LogP contribution is 2.29. The summed E-state index contributed by atoms with van der Waals surface area (Å²) in [4.78, 5) is 12.8. The van der Waals surface area contributed by atoms with Crippen LogP contribution in [-0.2, 0) is 21.4 Å². The molecule has 0 radical (unpaired) electrons. The standard InChI is InChI=1S/C23H22Cl2N2O3S/c1-16-7-10-20(11-8-16)31(29,30)27(22-12-9-19(24)13-17(22)2)15-23(28)26-14-18-5-3-4-6-21(18)25/h3-13H,14-15H2,1-2H3,(H,26,28). The summed E-state index contributed by atoms with van der Waals surface area (Å²) in [7, 11) is -3.99. The fourth-order valence-electron chi connectivity index (χ4n) is 3.06. The van der Waals surface area contributed by atoms with E-state index in [1.807, 2.05) is 13.0 Å². The number of carbonyl (C=O) groups excluding carboxylic acids is 1. The summed E-state index contributed by atoms with van der Waals surface area (Å²) < 4.78 is 28.0. The number of halogens is 2. The second kappa shape index (κ2) is 9.73. The Bertz CT molecular complexity index is 1200. The second-order valence-electron chi connectivity index (χ2n) is 7.12. The van der Waals surface area contributed by atoms with Crippen LogP contribution < -0.4 is 9.62 Å². The molecule has 31 heavy (non-hydrogen) atoms. The lowest BCUT2D eigenvalue weighted by Gasteiger charge is -2.26. The van der Waals surface area contributed by atoms with Gasteiger partial charge in [-0.3, -0.25) is 9.10 Å². The first-order valence-corrected chi connectivity index (χ1v) is 11.7. The van der Waals surface area contributed by atoms with Crippen molar-refractivity contribution < 1.29 is 13.2 Å². The summed E-state index contributed by atoms with van der Waals surface area (Å²) >= 11 is 12.2. The Kier molecular flexibility index (Phi) is 7.26. The molecule has 1 N–H and O–H groups in total. The lowest BCUT2D eigenvalue weighted by Crippen LogP contribution is -2.41. The molecule has 0 aliphatic carbocycles. The van der Waals surface area contributed by atoms with Gasteiger partial charge < -0.3 is 5.32 Å². The van der Waals surface area contributed by atoms with E-state index in [2.05, 4.69) is 5.32 Å². The number of amides is 1. The minimum Gasteiger partial charge on any atom is -0.350 e. The molecule has 0 bridgehead atoms. The Hall–Kier alpha value is -2.54. The molecular formula is C23H22Cl2N2O3S. The molecule has 1 amide bonds. The van der Waals surface area contributed by atoms with E-state index in [0.29, 0.717) is 21.3 Å². The topological polar surface area (TPSA) is 66.5 Å². The van der Waals surface area contributed by atoms with Crippen LogP contribution in [0, 0.1) is 13.8 Å². The van der Waals surface area contributed by atoms with Crippen LogP contribution >= 0.6 is 23.2 Å². The molecule has 0 aliphatic heterocycles. The molecule has 3 aromatic rings. The van der Waals surface area contributed by atoms with Crippen LogP contribution in [0.25, 0.3) is 0 Å². The van der Waals surface area contributed by atoms with Gasteiger partial charge in [0.1, 0.15) is 6.54 Å². The fourth-order valence-corrected chi connectivity index (χ4v) is 4.97. The third-order valence-corrected chi connectivity index (χ3v) is 7.14. The van der Waals surface area contributed by atoms with Crippen LogP contribution in [0.5, 0.6) is 0 Å². The van der Waals surface area contributed by atoms with Crippen LogP contribution in [0.3, 0.4) is 0 Å². The van der Waals surface area contributed by atoms with Gasteiger partial charge in [0.25, 0.3) is 10.0 Å². The van der Waals surface area contributed by atoms with Crippen molar-refractivity contribution in [3.05, 3.63) is 93.5 Å². The van der Waals surface area contributed by atoms with Gasteiger partial charge in [-0.15, -0.1) is 0 Å². The van der Waals surface area contributed by atoms with Crippen molar-refractivity contribution in [3.63, 3.8) is 0 Å². The fraction of sp³-hybridized carbons (Fsp3) is 0.174. The average Bonchev–Trinajstić information content (AvgIpc) is 2.72. The Labute approximate surface area is 192 Å². The quantitative estimate of drug-likeness (QED) is 0.514.